The summed E-state index contributed by atoms with van der Waals surface area (Å²) < 4.78 is 6.76. The fourth-order valence-electron chi connectivity index (χ4n) is 2.47. The third-order valence-corrected chi connectivity index (χ3v) is 4.09. The van der Waals surface area contributed by atoms with Gasteiger partial charge in [-0.2, -0.15) is 0 Å². The zero-order valence-electron chi connectivity index (χ0n) is 12.8. The van der Waals surface area contributed by atoms with E-state index in [0.29, 0.717) is 34.0 Å². The molecule has 2 N–H and O–H groups in total. The molecule has 3 rings (SSSR count). The molecule has 0 spiro atoms. The lowest BCUT2D eigenvalue weighted by atomic mass is 10.2. The molecule has 1 aromatic heterocycles. The SMILES string of the molecule is COc1ccc(Cn2c(C)nc3cc(Cl)c(N)cc3c2=O)cc1. The summed E-state index contributed by atoms with van der Waals surface area (Å²) in [4.78, 5) is 17.2. The molecule has 0 amide bonds. The lowest BCUT2D eigenvalue weighted by molar-refractivity contribution is 0.414. The number of nitrogens with two attached hydrogens (primary N) is 1. The van der Waals surface area contributed by atoms with E-state index in [-0.39, 0.29) is 5.56 Å². The van der Waals surface area contributed by atoms with Gasteiger partial charge in [0.2, 0.25) is 0 Å². The largest absolute Gasteiger partial charge is 0.497 e. The zero-order valence-corrected chi connectivity index (χ0v) is 13.6. The Balaban J connectivity index is 2.09. The lowest BCUT2D eigenvalue weighted by Gasteiger charge is -2.12. The minimum absolute atomic E-state index is 0.133. The second-order valence-corrected chi connectivity index (χ2v) is 5.70. The number of fused-ring (bicyclic) bond motifs is 1. The highest BCUT2D eigenvalue weighted by Crippen LogP contribution is 2.23. The average molecular weight is 330 g/mol. The fourth-order valence-corrected chi connectivity index (χ4v) is 2.63. The summed E-state index contributed by atoms with van der Waals surface area (Å²) in [5.74, 6) is 1.40. The van der Waals surface area contributed by atoms with Crippen LogP contribution in [0.25, 0.3) is 10.9 Å². The summed E-state index contributed by atoms with van der Waals surface area (Å²) in [5, 5.41) is 0.864. The van der Waals surface area contributed by atoms with Gasteiger partial charge in [0.1, 0.15) is 11.6 Å². The first-order valence-electron chi connectivity index (χ1n) is 7.08. The van der Waals surface area contributed by atoms with E-state index in [1.807, 2.05) is 24.3 Å². The Bertz CT molecular complexity index is 933. The number of aryl methyl sites for hydroxylation is 1. The molecular weight excluding hydrogens is 314 g/mol. The second-order valence-electron chi connectivity index (χ2n) is 5.29. The predicted molar refractivity (Wildman–Crippen MR) is 92.3 cm³/mol. The van der Waals surface area contributed by atoms with Crippen molar-refractivity contribution in [2.75, 3.05) is 12.8 Å². The van der Waals surface area contributed by atoms with Gasteiger partial charge in [0.25, 0.3) is 5.56 Å². The van der Waals surface area contributed by atoms with Gasteiger partial charge in [-0.3, -0.25) is 9.36 Å². The number of ether oxygens (including phenoxy) is 1. The van der Waals surface area contributed by atoms with Crippen LogP contribution in [0.3, 0.4) is 0 Å². The molecule has 0 fully saturated rings. The van der Waals surface area contributed by atoms with Crippen LogP contribution in [0.15, 0.2) is 41.2 Å². The fraction of sp³-hybridized carbons (Fsp3) is 0.176. The molecule has 0 bridgehead atoms. The van der Waals surface area contributed by atoms with Crippen molar-refractivity contribution in [1.82, 2.24) is 9.55 Å². The highest BCUT2D eigenvalue weighted by atomic mass is 35.5. The highest BCUT2D eigenvalue weighted by molar-refractivity contribution is 6.33. The topological polar surface area (TPSA) is 70.1 Å². The van der Waals surface area contributed by atoms with Crippen molar-refractivity contribution < 1.29 is 4.74 Å². The first-order valence-corrected chi connectivity index (χ1v) is 7.46. The number of anilines is 1. The number of halogens is 1. The Morgan fingerprint density at radius 2 is 1.96 bits per heavy atom. The van der Waals surface area contributed by atoms with Crippen molar-refractivity contribution >= 4 is 28.2 Å². The van der Waals surface area contributed by atoms with Gasteiger partial charge < -0.3 is 10.5 Å². The van der Waals surface area contributed by atoms with E-state index in [4.69, 9.17) is 22.1 Å². The second kappa shape index (κ2) is 5.93. The first kappa shape index (κ1) is 15.4. The molecule has 0 aliphatic heterocycles. The van der Waals surface area contributed by atoms with Crippen LogP contribution in [0.1, 0.15) is 11.4 Å². The van der Waals surface area contributed by atoms with E-state index in [2.05, 4.69) is 4.98 Å². The first-order chi connectivity index (χ1) is 11.0. The smallest absolute Gasteiger partial charge is 0.261 e. The number of aromatic nitrogens is 2. The van der Waals surface area contributed by atoms with Gasteiger partial charge in [-0.15, -0.1) is 0 Å². The van der Waals surface area contributed by atoms with Gasteiger partial charge in [-0.25, -0.2) is 4.98 Å². The van der Waals surface area contributed by atoms with Crippen molar-refractivity contribution in [3.8, 4) is 5.75 Å². The summed E-state index contributed by atoms with van der Waals surface area (Å²) in [7, 11) is 1.62. The Morgan fingerprint density at radius 1 is 1.26 bits per heavy atom. The van der Waals surface area contributed by atoms with Gasteiger partial charge in [0.05, 0.1) is 35.3 Å². The van der Waals surface area contributed by atoms with Gasteiger partial charge in [-0.05, 0) is 36.8 Å². The molecule has 0 unspecified atom stereocenters. The molecule has 0 atom stereocenters. The van der Waals surface area contributed by atoms with Gasteiger partial charge in [0.15, 0.2) is 0 Å². The summed E-state index contributed by atoms with van der Waals surface area (Å²) in [6.45, 7) is 2.23. The molecule has 3 aromatic rings. The quantitative estimate of drug-likeness (QED) is 0.750. The maximum Gasteiger partial charge on any atom is 0.261 e. The number of hydrogen-bond acceptors (Lipinski definition) is 4. The third kappa shape index (κ3) is 2.87. The van der Waals surface area contributed by atoms with Crippen LogP contribution in [-0.4, -0.2) is 16.7 Å². The zero-order chi connectivity index (χ0) is 16.6. The Labute approximate surface area is 138 Å². The molecule has 23 heavy (non-hydrogen) atoms. The molecule has 0 saturated heterocycles. The molecule has 2 aromatic carbocycles. The summed E-state index contributed by atoms with van der Waals surface area (Å²) in [6.07, 6.45) is 0. The van der Waals surface area contributed by atoms with E-state index in [1.165, 1.54) is 0 Å². The van der Waals surface area contributed by atoms with Crippen molar-refractivity contribution in [2.24, 2.45) is 0 Å². The van der Waals surface area contributed by atoms with E-state index in [1.54, 1.807) is 30.7 Å². The molecule has 0 saturated carbocycles. The van der Waals surface area contributed by atoms with Crippen LogP contribution in [0, 0.1) is 6.92 Å². The summed E-state index contributed by atoms with van der Waals surface area (Å²) in [6, 6.07) is 10.8. The van der Waals surface area contributed by atoms with Crippen LogP contribution in [0.4, 0.5) is 5.69 Å². The van der Waals surface area contributed by atoms with Crippen molar-refractivity contribution in [1.29, 1.82) is 0 Å². The average Bonchev–Trinajstić information content (AvgIpc) is 2.54. The number of nitrogen functional groups attached to an aromatic ring is 1. The molecule has 5 nitrogen and oxygen atoms in total. The lowest BCUT2D eigenvalue weighted by Crippen LogP contribution is -2.24. The van der Waals surface area contributed by atoms with Crippen LogP contribution >= 0.6 is 11.6 Å². The van der Waals surface area contributed by atoms with Crippen molar-refractivity contribution in [3.05, 3.63) is 63.2 Å². The van der Waals surface area contributed by atoms with Gasteiger partial charge in [-0.1, -0.05) is 23.7 Å². The number of methoxy groups -OCH3 is 1. The molecule has 0 aliphatic carbocycles. The van der Waals surface area contributed by atoms with E-state index in [9.17, 15) is 4.79 Å². The van der Waals surface area contributed by atoms with E-state index < -0.39 is 0 Å². The third-order valence-electron chi connectivity index (χ3n) is 3.76. The van der Waals surface area contributed by atoms with Crippen LogP contribution < -0.4 is 16.0 Å². The van der Waals surface area contributed by atoms with Crippen molar-refractivity contribution in [3.63, 3.8) is 0 Å². The number of rotatable bonds is 3. The van der Waals surface area contributed by atoms with Gasteiger partial charge >= 0.3 is 0 Å². The summed E-state index contributed by atoms with van der Waals surface area (Å²) in [5.41, 5.74) is 7.58. The molecule has 0 aliphatic rings. The Kier molecular flexibility index (Phi) is 3.96. The van der Waals surface area contributed by atoms with Crippen LogP contribution in [0.2, 0.25) is 5.02 Å². The molecule has 1 heterocycles. The van der Waals surface area contributed by atoms with Gasteiger partial charge in [0, 0.05) is 0 Å². The predicted octanol–water partition coefficient (Wildman–Crippen LogP) is 3.00. The van der Waals surface area contributed by atoms with Crippen LogP contribution in [-0.2, 0) is 6.54 Å². The van der Waals surface area contributed by atoms with E-state index >= 15 is 0 Å². The Morgan fingerprint density at radius 3 is 2.61 bits per heavy atom. The number of benzene rings is 2. The highest BCUT2D eigenvalue weighted by Gasteiger charge is 2.11. The molecule has 6 heteroatoms. The van der Waals surface area contributed by atoms with Crippen LogP contribution in [0.5, 0.6) is 5.75 Å². The molecule has 118 valence electrons. The van der Waals surface area contributed by atoms with E-state index in [0.717, 1.165) is 11.3 Å². The Hall–Kier alpha value is -2.53. The minimum atomic E-state index is -0.133. The normalized spacial score (nSPS) is 10.9. The maximum atomic E-state index is 12.7. The molecular formula is C17H16ClN3O2. The summed E-state index contributed by atoms with van der Waals surface area (Å²) >= 11 is 6.00. The maximum absolute atomic E-state index is 12.7. The monoisotopic (exact) mass is 329 g/mol. The minimum Gasteiger partial charge on any atom is -0.497 e. The van der Waals surface area contributed by atoms with Crippen molar-refractivity contribution in [2.45, 2.75) is 13.5 Å². The number of hydrogen-bond donors (Lipinski definition) is 1. The number of nitrogens with zero attached hydrogens (tertiary/aromatic N) is 2. The molecule has 0 radical (unpaired) electrons. The standard InChI is InChI=1S/C17H16ClN3O2/c1-10-20-16-8-14(18)15(19)7-13(16)17(22)21(10)9-11-3-5-12(23-2)6-4-11/h3-8H,9,19H2,1-2H3.